The molecule has 1 N–H and O–H groups in total. The van der Waals surface area contributed by atoms with Crippen LogP contribution < -0.4 is 5.32 Å². The summed E-state index contributed by atoms with van der Waals surface area (Å²) in [4.78, 5) is 26.1. The summed E-state index contributed by atoms with van der Waals surface area (Å²) in [7, 11) is 0. The summed E-state index contributed by atoms with van der Waals surface area (Å²) in [5.41, 5.74) is 2.10. The van der Waals surface area contributed by atoms with Gasteiger partial charge in [0.05, 0.1) is 39.1 Å². The molecule has 3 aromatic rings. The largest absolute Gasteiger partial charge is 0.416 e. The first-order valence-corrected chi connectivity index (χ1v) is 10.6. The second kappa shape index (κ2) is 9.35. The van der Waals surface area contributed by atoms with Crippen molar-refractivity contribution in [3.63, 3.8) is 0 Å². The summed E-state index contributed by atoms with van der Waals surface area (Å²) in [6.07, 6.45) is -2.41. The Morgan fingerprint density at radius 3 is 2.44 bits per heavy atom. The van der Waals surface area contributed by atoms with Gasteiger partial charge in [0.1, 0.15) is 0 Å². The molecule has 0 radical (unpaired) electrons. The number of halogens is 3. The minimum Gasteiger partial charge on any atom is -0.325 e. The normalized spacial score (nSPS) is 13.5. The Morgan fingerprint density at radius 2 is 1.72 bits per heavy atom. The van der Waals surface area contributed by atoms with E-state index in [9.17, 15) is 18.0 Å². The van der Waals surface area contributed by atoms with Crippen LogP contribution in [-0.2, 0) is 11.0 Å². The molecule has 0 saturated heterocycles. The highest BCUT2D eigenvalue weighted by Crippen LogP contribution is 2.33. The van der Waals surface area contributed by atoms with Gasteiger partial charge in [0.15, 0.2) is 0 Å². The standard InChI is InChI=1S/C23H17F3N4OS/c24-23(25,26)15-6-5-7-16(12-15)28-21(31)14-32-22-13-20(17-8-3-4-11-27-17)29-18-9-1-2-10-19(18)30-22/h1-12H,13-14H2,(H,28,31). The van der Waals surface area contributed by atoms with Gasteiger partial charge in [-0.15, -0.1) is 11.8 Å². The fraction of sp³-hybridized carbons (Fsp3) is 0.130. The van der Waals surface area contributed by atoms with Gasteiger partial charge in [-0.3, -0.25) is 9.78 Å². The van der Waals surface area contributed by atoms with Crippen molar-refractivity contribution in [2.45, 2.75) is 12.6 Å². The maximum Gasteiger partial charge on any atom is 0.416 e. The van der Waals surface area contributed by atoms with Gasteiger partial charge in [-0.1, -0.05) is 24.3 Å². The highest BCUT2D eigenvalue weighted by Gasteiger charge is 2.30. The Bertz CT molecular complexity index is 1190. The maximum atomic E-state index is 12.9. The molecule has 162 valence electrons. The number of nitrogens with one attached hydrogen (secondary N) is 1. The lowest BCUT2D eigenvalue weighted by Crippen LogP contribution is -2.17. The zero-order chi connectivity index (χ0) is 22.6. The predicted molar refractivity (Wildman–Crippen MR) is 121 cm³/mol. The van der Waals surface area contributed by atoms with E-state index in [4.69, 9.17) is 4.99 Å². The molecule has 1 aliphatic heterocycles. The summed E-state index contributed by atoms with van der Waals surface area (Å²) in [5, 5.41) is 3.18. The number of carbonyl (C=O) groups excluding carboxylic acids is 1. The molecule has 0 atom stereocenters. The lowest BCUT2D eigenvalue weighted by Gasteiger charge is -2.10. The predicted octanol–water partition coefficient (Wildman–Crippen LogP) is 6.03. The first-order valence-electron chi connectivity index (χ1n) is 9.64. The van der Waals surface area contributed by atoms with Crippen LogP contribution in [0, 0.1) is 0 Å². The molecule has 2 aromatic carbocycles. The van der Waals surface area contributed by atoms with Gasteiger partial charge in [0.2, 0.25) is 5.91 Å². The van der Waals surface area contributed by atoms with Crippen molar-refractivity contribution in [1.82, 2.24) is 4.98 Å². The summed E-state index contributed by atoms with van der Waals surface area (Å²) < 4.78 is 38.7. The maximum absolute atomic E-state index is 12.9. The number of rotatable bonds is 4. The molecule has 9 heteroatoms. The van der Waals surface area contributed by atoms with Crippen LogP contribution in [0.15, 0.2) is 82.9 Å². The quantitative estimate of drug-likeness (QED) is 0.524. The van der Waals surface area contributed by atoms with Crippen LogP contribution in [0.5, 0.6) is 0 Å². The molecular weight excluding hydrogens is 437 g/mol. The zero-order valence-corrected chi connectivity index (χ0v) is 17.5. The smallest absolute Gasteiger partial charge is 0.325 e. The Hall–Kier alpha value is -3.46. The van der Waals surface area contributed by atoms with Gasteiger partial charge in [-0.2, -0.15) is 13.2 Å². The van der Waals surface area contributed by atoms with Crippen molar-refractivity contribution < 1.29 is 18.0 Å². The number of hydrogen-bond acceptors (Lipinski definition) is 5. The second-order valence-corrected chi connectivity index (χ2v) is 7.91. The minimum absolute atomic E-state index is 0.00720. The third-order valence-electron chi connectivity index (χ3n) is 4.51. The number of thioether (sulfide) groups is 1. The molecule has 4 rings (SSSR count). The first-order chi connectivity index (χ1) is 15.4. The number of carbonyl (C=O) groups is 1. The monoisotopic (exact) mass is 454 g/mol. The molecule has 0 aliphatic carbocycles. The first kappa shape index (κ1) is 21.8. The van der Waals surface area contributed by atoms with E-state index >= 15 is 0 Å². The Balaban J connectivity index is 1.49. The topological polar surface area (TPSA) is 66.7 Å². The molecule has 5 nitrogen and oxygen atoms in total. The van der Waals surface area contributed by atoms with Crippen LogP contribution in [0.2, 0.25) is 0 Å². The van der Waals surface area contributed by atoms with Crippen LogP contribution in [0.4, 0.5) is 30.2 Å². The van der Waals surface area contributed by atoms with E-state index in [1.54, 1.807) is 6.20 Å². The fourth-order valence-corrected chi connectivity index (χ4v) is 3.81. The molecule has 0 unspecified atom stereocenters. The molecule has 2 heterocycles. The van der Waals surface area contributed by atoms with Crippen LogP contribution in [0.1, 0.15) is 17.7 Å². The molecule has 0 fully saturated rings. The molecule has 1 aliphatic rings. The SMILES string of the molecule is O=C(CSC1=Nc2ccccc2N=C(c2ccccn2)C1)Nc1cccc(C(F)(F)F)c1. The van der Waals surface area contributed by atoms with Crippen molar-refractivity contribution in [3.05, 3.63) is 84.2 Å². The number of fused-ring (bicyclic) bond motifs is 1. The van der Waals surface area contributed by atoms with Crippen LogP contribution in [0.25, 0.3) is 0 Å². The highest BCUT2D eigenvalue weighted by molar-refractivity contribution is 8.14. The van der Waals surface area contributed by atoms with Gasteiger partial charge in [-0.05, 0) is 42.5 Å². The van der Waals surface area contributed by atoms with Gasteiger partial charge in [-0.25, -0.2) is 9.98 Å². The van der Waals surface area contributed by atoms with E-state index in [1.165, 1.54) is 23.9 Å². The lowest BCUT2D eigenvalue weighted by atomic mass is 10.2. The van der Waals surface area contributed by atoms with E-state index in [1.807, 2.05) is 42.5 Å². The lowest BCUT2D eigenvalue weighted by molar-refractivity contribution is -0.137. The third kappa shape index (κ3) is 5.42. The van der Waals surface area contributed by atoms with E-state index in [0.29, 0.717) is 28.5 Å². The number of amides is 1. The number of anilines is 1. The van der Waals surface area contributed by atoms with Crippen molar-refractivity contribution in [2.75, 3.05) is 11.1 Å². The van der Waals surface area contributed by atoms with E-state index < -0.39 is 17.6 Å². The molecule has 1 aromatic heterocycles. The van der Waals surface area contributed by atoms with E-state index in [2.05, 4.69) is 15.3 Å². The molecule has 0 bridgehead atoms. The number of alkyl halides is 3. The Kier molecular flexibility index (Phi) is 6.36. The Labute approximate surface area is 186 Å². The van der Waals surface area contributed by atoms with Gasteiger partial charge in [0.25, 0.3) is 0 Å². The summed E-state index contributed by atoms with van der Waals surface area (Å²) >= 11 is 1.22. The molecule has 0 spiro atoms. The number of aliphatic imine (C=N–C) groups is 2. The Morgan fingerprint density at radius 1 is 0.969 bits per heavy atom. The van der Waals surface area contributed by atoms with Crippen molar-refractivity contribution in [1.29, 1.82) is 0 Å². The molecule has 0 saturated carbocycles. The number of para-hydroxylation sites is 2. The van der Waals surface area contributed by atoms with Crippen LogP contribution >= 0.6 is 11.8 Å². The highest BCUT2D eigenvalue weighted by atomic mass is 32.2. The second-order valence-electron chi connectivity index (χ2n) is 6.86. The molecule has 32 heavy (non-hydrogen) atoms. The van der Waals surface area contributed by atoms with Gasteiger partial charge in [0, 0.05) is 18.3 Å². The fourth-order valence-electron chi connectivity index (χ4n) is 3.04. The summed E-state index contributed by atoms with van der Waals surface area (Å²) in [6.45, 7) is 0. The van der Waals surface area contributed by atoms with Crippen molar-refractivity contribution >= 4 is 45.5 Å². The van der Waals surface area contributed by atoms with Crippen LogP contribution in [0.3, 0.4) is 0 Å². The molecule has 1 amide bonds. The van der Waals surface area contributed by atoms with Gasteiger partial charge < -0.3 is 5.32 Å². The van der Waals surface area contributed by atoms with Crippen molar-refractivity contribution in [3.8, 4) is 0 Å². The third-order valence-corrected chi connectivity index (χ3v) is 5.48. The number of aromatic nitrogens is 1. The van der Waals surface area contributed by atoms with Gasteiger partial charge >= 0.3 is 6.18 Å². The number of hydrogen-bond donors (Lipinski definition) is 1. The van der Waals surface area contributed by atoms with Crippen LogP contribution in [-0.4, -0.2) is 27.4 Å². The number of benzene rings is 2. The van der Waals surface area contributed by atoms with E-state index in [0.717, 1.165) is 17.8 Å². The average molecular weight is 454 g/mol. The molecular formula is C23H17F3N4OS. The zero-order valence-electron chi connectivity index (χ0n) is 16.6. The summed E-state index contributed by atoms with van der Waals surface area (Å²) in [6, 6.07) is 17.5. The summed E-state index contributed by atoms with van der Waals surface area (Å²) in [5.74, 6) is -0.432. The van der Waals surface area contributed by atoms with Crippen molar-refractivity contribution in [2.24, 2.45) is 9.98 Å². The number of nitrogens with zero attached hydrogens (tertiary/aromatic N) is 3. The van der Waals surface area contributed by atoms with E-state index in [-0.39, 0.29) is 11.4 Å². The minimum atomic E-state index is -4.47. The number of pyridine rings is 1. The average Bonchev–Trinajstić information content (AvgIpc) is 2.97.